The molecule has 4 N–H and O–H groups in total. The third-order valence-corrected chi connectivity index (χ3v) is 3.68. The molecule has 9 nitrogen and oxygen atoms in total. The lowest BCUT2D eigenvalue weighted by Crippen LogP contribution is -2.47. The Bertz CT molecular complexity index is 749. The molecule has 2 heterocycles. The van der Waals surface area contributed by atoms with E-state index < -0.39 is 17.7 Å². The van der Waals surface area contributed by atoms with Gasteiger partial charge in [-0.1, -0.05) is 12.1 Å². The van der Waals surface area contributed by atoms with E-state index in [1.165, 1.54) is 23.6 Å². The molecule has 25 heavy (non-hydrogen) atoms. The van der Waals surface area contributed by atoms with E-state index in [-0.39, 0.29) is 24.7 Å². The maximum absolute atomic E-state index is 11.7. The second kappa shape index (κ2) is 9.13. The normalized spacial score (nSPS) is 9.76. The fraction of sp³-hybridized carbons (Fsp3) is 0.133. The van der Waals surface area contributed by atoms with Gasteiger partial charge >= 0.3 is 0 Å². The third-order valence-electron chi connectivity index (χ3n) is 2.81. The van der Waals surface area contributed by atoms with Crippen molar-refractivity contribution in [2.75, 3.05) is 13.1 Å². The van der Waals surface area contributed by atoms with Crippen LogP contribution >= 0.6 is 11.3 Å². The number of hydrazine groups is 1. The smallest absolute Gasteiger partial charge is 0.288 e. The number of thiophene rings is 1. The van der Waals surface area contributed by atoms with Crippen molar-refractivity contribution in [3.63, 3.8) is 0 Å². The van der Waals surface area contributed by atoms with E-state index in [2.05, 4.69) is 26.5 Å². The first-order valence-electron chi connectivity index (χ1n) is 7.15. The molecule has 0 radical (unpaired) electrons. The van der Waals surface area contributed by atoms with Gasteiger partial charge in [-0.15, -0.1) is 11.3 Å². The van der Waals surface area contributed by atoms with Crippen LogP contribution in [0.2, 0.25) is 0 Å². The Hall–Kier alpha value is -3.27. The van der Waals surface area contributed by atoms with Crippen molar-refractivity contribution in [3.8, 4) is 0 Å². The number of amides is 4. The second-order valence-corrected chi connectivity index (χ2v) is 5.60. The van der Waals surface area contributed by atoms with Gasteiger partial charge in [-0.25, -0.2) is 0 Å². The first-order valence-corrected chi connectivity index (χ1v) is 8.03. The Labute approximate surface area is 146 Å². The zero-order valence-corrected chi connectivity index (χ0v) is 13.8. The van der Waals surface area contributed by atoms with Gasteiger partial charge in [0.2, 0.25) is 5.91 Å². The van der Waals surface area contributed by atoms with E-state index in [9.17, 15) is 19.2 Å². The zero-order chi connectivity index (χ0) is 18.1. The van der Waals surface area contributed by atoms with Crippen molar-refractivity contribution in [1.82, 2.24) is 26.5 Å². The Kier molecular flexibility index (Phi) is 6.60. The third kappa shape index (κ3) is 6.03. The first-order chi connectivity index (χ1) is 12.1. The van der Waals surface area contributed by atoms with E-state index in [0.29, 0.717) is 4.88 Å². The number of aromatic nitrogens is 1. The first kappa shape index (κ1) is 18.1. The van der Waals surface area contributed by atoms with Crippen molar-refractivity contribution in [1.29, 1.82) is 0 Å². The van der Waals surface area contributed by atoms with Gasteiger partial charge in [0.05, 0.1) is 18.0 Å². The minimum atomic E-state index is -0.623. The van der Waals surface area contributed by atoms with E-state index in [0.717, 1.165) is 0 Å². The van der Waals surface area contributed by atoms with Crippen LogP contribution in [-0.2, 0) is 9.59 Å². The predicted molar refractivity (Wildman–Crippen MR) is 89.5 cm³/mol. The van der Waals surface area contributed by atoms with E-state index in [4.69, 9.17) is 0 Å². The molecule has 2 rings (SSSR count). The Morgan fingerprint density at radius 1 is 0.880 bits per heavy atom. The summed E-state index contributed by atoms with van der Waals surface area (Å²) in [6.07, 6.45) is 1.45. The van der Waals surface area contributed by atoms with Crippen LogP contribution in [0, 0.1) is 0 Å². The number of hydrogen-bond acceptors (Lipinski definition) is 6. The largest absolute Gasteiger partial charge is 0.345 e. The lowest BCUT2D eigenvalue weighted by molar-refractivity contribution is -0.125. The highest BCUT2D eigenvalue weighted by atomic mass is 32.1. The van der Waals surface area contributed by atoms with Crippen LogP contribution in [0.1, 0.15) is 20.2 Å². The lowest BCUT2D eigenvalue weighted by atomic mass is 10.3. The number of hydrogen-bond donors (Lipinski definition) is 4. The van der Waals surface area contributed by atoms with Crippen molar-refractivity contribution >= 4 is 35.0 Å². The summed E-state index contributed by atoms with van der Waals surface area (Å²) in [5, 5.41) is 6.50. The van der Waals surface area contributed by atoms with Gasteiger partial charge in [-0.05, 0) is 23.6 Å². The monoisotopic (exact) mass is 361 g/mol. The summed E-state index contributed by atoms with van der Waals surface area (Å²) in [7, 11) is 0. The van der Waals surface area contributed by atoms with Crippen LogP contribution in [0.3, 0.4) is 0 Å². The molecule has 130 valence electrons. The quantitative estimate of drug-likeness (QED) is 0.513. The highest BCUT2D eigenvalue weighted by Gasteiger charge is 2.11. The SMILES string of the molecule is O=C(CNC(=O)c1cccs1)NCC(=O)NNC(=O)c1ccccn1. The molecule has 0 spiro atoms. The number of rotatable bonds is 6. The summed E-state index contributed by atoms with van der Waals surface area (Å²) in [6, 6.07) is 8.13. The van der Waals surface area contributed by atoms with Crippen molar-refractivity contribution in [3.05, 3.63) is 52.5 Å². The molecule has 0 aromatic carbocycles. The fourth-order valence-corrected chi connectivity index (χ4v) is 2.27. The van der Waals surface area contributed by atoms with Crippen molar-refractivity contribution < 1.29 is 19.2 Å². The van der Waals surface area contributed by atoms with Gasteiger partial charge in [0.25, 0.3) is 17.7 Å². The van der Waals surface area contributed by atoms with Gasteiger partial charge in [0.1, 0.15) is 5.69 Å². The molecule has 0 fully saturated rings. The summed E-state index contributed by atoms with van der Waals surface area (Å²) in [5.74, 6) is -2.10. The van der Waals surface area contributed by atoms with Crippen LogP contribution in [0.15, 0.2) is 41.9 Å². The average Bonchev–Trinajstić information content (AvgIpc) is 3.18. The molecule has 4 amide bonds. The summed E-state index contributed by atoms with van der Waals surface area (Å²) < 4.78 is 0. The molecule has 0 atom stereocenters. The summed E-state index contributed by atoms with van der Waals surface area (Å²) in [5.41, 5.74) is 4.46. The standard InChI is InChI=1S/C15H15N5O4S/c21-12(8-18-15(24)11-5-3-7-25-11)17-9-13(22)19-20-14(23)10-4-1-2-6-16-10/h1-7H,8-9H2,(H,17,21)(H,18,24)(H,19,22)(H,20,23). The topological polar surface area (TPSA) is 129 Å². The van der Waals surface area contributed by atoms with Crippen LogP contribution in [0.25, 0.3) is 0 Å². The maximum atomic E-state index is 11.7. The van der Waals surface area contributed by atoms with Crippen LogP contribution in [0.4, 0.5) is 0 Å². The number of pyridine rings is 1. The van der Waals surface area contributed by atoms with Gasteiger partial charge in [-0.3, -0.25) is 35.0 Å². The summed E-state index contributed by atoms with van der Waals surface area (Å²) in [4.78, 5) is 50.8. The van der Waals surface area contributed by atoms with Gasteiger partial charge < -0.3 is 10.6 Å². The van der Waals surface area contributed by atoms with E-state index >= 15 is 0 Å². The predicted octanol–water partition coefficient (Wildman–Crippen LogP) is -0.550. The molecule has 0 bridgehead atoms. The van der Waals surface area contributed by atoms with Gasteiger partial charge in [-0.2, -0.15) is 0 Å². The Morgan fingerprint density at radius 3 is 2.36 bits per heavy atom. The maximum Gasteiger partial charge on any atom is 0.288 e. The van der Waals surface area contributed by atoms with E-state index in [1.807, 2.05) is 0 Å². The summed E-state index contributed by atoms with van der Waals surface area (Å²) in [6.45, 7) is -0.611. The van der Waals surface area contributed by atoms with Gasteiger partial charge in [0.15, 0.2) is 0 Å². The Balaban J connectivity index is 1.63. The zero-order valence-electron chi connectivity index (χ0n) is 12.9. The number of carbonyl (C=O) groups is 4. The van der Waals surface area contributed by atoms with Crippen LogP contribution in [-0.4, -0.2) is 41.7 Å². The molecule has 0 aliphatic carbocycles. The molecule has 0 aliphatic rings. The molecule has 0 aliphatic heterocycles. The molecular weight excluding hydrogens is 346 g/mol. The molecule has 10 heteroatoms. The Morgan fingerprint density at radius 2 is 1.68 bits per heavy atom. The molecular formula is C15H15N5O4S. The van der Waals surface area contributed by atoms with E-state index in [1.54, 1.807) is 29.6 Å². The highest BCUT2D eigenvalue weighted by Crippen LogP contribution is 2.07. The minimum Gasteiger partial charge on any atom is -0.345 e. The van der Waals surface area contributed by atoms with Crippen LogP contribution < -0.4 is 21.5 Å². The molecule has 0 unspecified atom stereocenters. The van der Waals surface area contributed by atoms with Crippen LogP contribution in [0.5, 0.6) is 0 Å². The molecule has 0 saturated heterocycles. The number of carbonyl (C=O) groups excluding carboxylic acids is 4. The highest BCUT2D eigenvalue weighted by molar-refractivity contribution is 7.12. The summed E-state index contributed by atoms with van der Waals surface area (Å²) >= 11 is 1.26. The number of nitrogens with zero attached hydrogens (tertiary/aromatic N) is 1. The lowest BCUT2D eigenvalue weighted by Gasteiger charge is -2.08. The molecule has 2 aromatic heterocycles. The van der Waals surface area contributed by atoms with Crippen molar-refractivity contribution in [2.45, 2.75) is 0 Å². The molecule has 2 aromatic rings. The minimum absolute atomic E-state index is 0.142. The number of nitrogens with one attached hydrogen (secondary N) is 4. The average molecular weight is 361 g/mol. The molecule has 0 saturated carbocycles. The van der Waals surface area contributed by atoms with Crippen molar-refractivity contribution in [2.24, 2.45) is 0 Å². The fourth-order valence-electron chi connectivity index (χ4n) is 1.63. The second-order valence-electron chi connectivity index (χ2n) is 4.65. The van der Waals surface area contributed by atoms with Gasteiger partial charge in [0, 0.05) is 6.20 Å².